The lowest BCUT2D eigenvalue weighted by atomic mass is 10.1. The molecule has 18 heavy (non-hydrogen) atoms. The number of hydrogen-bond donors (Lipinski definition) is 3. The molecule has 0 amide bonds. The van der Waals surface area contributed by atoms with E-state index in [9.17, 15) is 4.79 Å². The van der Waals surface area contributed by atoms with Gasteiger partial charge >= 0.3 is 5.97 Å². The average Bonchev–Trinajstić information content (AvgIpc) is 2.74. The topological polar surface area (TPSA) is 83.7 Å². The zero-order valence-electron chi connectivity index (χ0n) is 9.88. The number of ether oxygens (including phenoxy) is 1. The summed E-state index contributed by atoms with van der Waals surface area (Å²) in [6.45, 7) is 1.04. The molecule has 0 spiro atoms. The third kappa shape index (κ3) is 2.15. The quantitative estimate of drug-likeness (QED) is 0.704. The summed E-state index contributed by atoms with van der Waals surface area (Å²) in [5.74, 6) is -0.971. The molecule has 6 heteroatoms. The maximum atomic E-state index is 11.1. The number of carboxylic acids is 1. The van der Waals surface area contributed by atoms with Crippen molar-refractivity contribution in [3.63, 3.8) is 0 Å². The standard InChI is InChI=1S/C12H14N2O4/c1-18-5-4-14-7-10(12(15)16)9-3-2-8(13-17)6-11(9)14/h2-3,6-7,13,17H,4-5H2,1H3,(H,15,16). The van der Waals surface area contributed by atoms with E-state index in [1.165, 1.54) is 0 Å². The van der Waals surface area contributed by atoms with Gasteiger partial charge in [0.15, 0.2) is 0 Å². The van der Waals surface area contributed by atoms with Crippen molar-refractivity contribution in [2.45, 2.75) is 6.54 Å². The van der Waals surface area contributed by atoms with E-state index < -0.39 is 5.97 Å². The predicted molar refractivity (Wildman–Crippen MR) is 66.2 cm³/mol. The van der Waals surface area contributed by atoms with Crippen molar-refractivity contribution in [3.8, 4) is 0 Å². The molecule has 0 fully saturated rings. The van der Waals surface area contributed by atoms with Crippen LogP contribution in [0, 0.1) is 0 Å². The van der Waals surface area contributed by atoms with E-state index >= 15 is 0 Å². The van der Waals surface area contributed by atoms with E-state index in [1.807, 2.05) is 5.48 Å². The van der Waals surface area contributed by atoms with E-state index in [0.717, 1.165) is 5.52 Å². The first kappa shape index (κ1) is 12.4. The highest BCUT2D eigenvalue weighted by molar-refractivity contribution is 6.04. The van der Waals surface area contributed by atoms with Crippen LogP contribution in [-0.2, 0) is 11.3 Å². The molecule has 0 saturated heterocycles. The number of carbonyl (C=O) groups is 1. The minimum atomic E-state index is -0.971. The molecule has 1 aromatic heterocycles. The minimum Gasteiger partial charge on any atom is -0.478 e. The Kier molecular flexibility index (Phi) is 3.50. The summed E-state index contributed by atoms with van der Waals surface area (Å²) < 4.78 is 6.78. The number of carboxylic acid groups (broad SMARTS) is 1. The molecule has 2 rings (SSSR count). The van der Waals surface area contributed by atoms with Crippen molar-refractivity contribution in [2.24, 2.45) is 0 Å². The number of nitrogens with one attached hydrogen (secondary N) is 1. The van der Waals surface area contributed by atoms with E-state index in [1.54, 1.807) is 36.1 Å². The molecule has 0 aliphatic rings. The van der Waals surface area contributed by atoms with Crippen LogP contribution in [0.2, 0.25) is 0 Å². The van der Waals surface area contributed by atoms with Crippen LogP contribution in [0.25, 0.3) is 10.9 Å². The molecule has 96 valence electrons. The molecular formula is C12H14N2O4. The molecule has 6 nitrogen and oxygen atoms in total. The fourth-order valence-electron chi connectivity index (χ4n) is 1.91. The Balaban J connectivity index is 2.57. The molecule has 0 unspecified atom stereocenters. The van der Waals surface area contributed by atoms with Gasteiger partial charge in [0.2, 0.25) is 0 Å². The SMILES string of the molecule is COCCn1cc(C(=O)O)c2ccc(NO)cc21. The lowest BCUT2D eigenvalue weighted by molar-refractivity contribution is 0.0698. The molecule has 0 atom stereocenters. The van der Waals surface area contributed by atoms with Gasteiger partial charge in [-0.1, -0.05) is 0 Å². The van der Waals surface area contributed by atoms with E-state index in [4.69, 9.17) is 15.1 Å². The van der Waals surface area contributed by atoms with Crippen molar-refractivity contribution in [2.75, 3.05) is 19.2 Å². The summed E-state index contributed by atoms with van der Waals surface area (Å²) >= 11 is 0. The highest BCUT2D eigenvalue weighted by Crippen LogP contribution is 2.24. The Labute approximate surface area is 103 Å². The highest BCUT2D eigenvalue weighted by Gasteiger charge is 2.14. The van der Waals surface area contributed by atoms with Gasteiger partial charge in [-0.2, -0.15) is 0 Å². The summed E-state index contributed by atoms with van der Waals surface area (Å²) in [4.78, 5) is 11.1. The van der Waals surface area contributed by atoms with E-state index in [2.05, 4.69) is 0 Å². The van der Waals surface area contributed by atoms with Gasteiger partial charge in [0.1, 0.15) is 0 Å². The van der Waals surface area contributed by atoms with Crippen LogP contribution in [0.3, 0.4) is 0 Å². The number of methoxy groups -OCH3 is 1. The number of benzene rings is 1. The molecule has 2 aromatic rings. The predicted octanol–water partition coefficient (Wildman–Crippen LogP) is 1.79. The van der Waals surface area contributed by atoms with Crippen molar-refractivity contribution in [3.05, 3.63) is 30.0 Å². The number of fused-ring (bicyclic) bond motifs is 1. The molecule has 0 aliphatic heterocycles. The number of nitrogens with zero attached hydrogens (tertiary/aromatic N) is 1. The normalized spacial score (nSPS) is 10.8. The first-order chi connectivity index (χ1) is 8.67. The maximum absolute atomic E-state index is 11.1. The Morgan fingerprint density at radius 3 is 2.89 bits per heavy atom. The largest absolute Gasteiger partial charge is 0.478 e. The van der Waals surface area contributed by atoms with Crippen LogP contribution in [-0.4, -0.2) is 34.6 Å². The summed E-state index contributed by atoms with van der Waals surface area (Å²) in [6, 6.07) is 4.98. The van der Waals surface area contributed by atoms with Gasteiger partial charge in [-0.05, 0) is 18.2 Å². The van der Waals surface area contributed by atoms with Crippen molar-refractivity contribution >= 4 is 22.6 Å². The number of hydrogen-bond acceptors (Lipinski definition) is 4. The Morgan fingerprint density at radius 2 is 2.28 bits per heavy atom. The summed E-state index contributed by atoms with van der Waals surface area (Å²) in [5, 5.41) is 18.7. The highest BCUT2D eigenvalue weighted by atomic mass is 16.5. The molecule has 1 aromatic carbocycles. The van der Waals surface area contributed by atoms with Gasteiger partial charge in [0.25, 0.3) is 0 Å². The van der Waals surface area contributed by atoms with Crippen LogP contribution in [0.4, 0.5) is 5.69 Å². The van der Waals surface area contributed by atoms with Crippen LogP contribution < -0.4 is 5.48 Å². The Hall–Kier alpha value is -2.05. The van der Waals surface area contributed by atoms with Crippen LogP contribution in [0.1, 0.15) is 10.4 Å². The average molecular weight is 250 g/mol. The Bertz CT molecular complexity index is 577. The smallest absolute Gasteiger partial charge is 0.337 e. The summed E-state index contributed by atoms with van der Waals surface area (Å²) in [5.41, 5.74) is 3.54. The number of aromatic nitrogens is 1. The van der Waals surface area contributed by atoms with Crippen LogP contribution >= 0.6 is 0 Å². The number of rotatable bonds is 5. The zero-order chi connectivity index (χ0) is 13.1. The van der Waals surface area contributed by atoms with Gasteiger partial charge in [0, 0.05) is 25.2 Å². The van der Waals surface area contributed by atoms with Gasteiger partial charge in [-0.15, -0.1) is 0 Å². The van der Waals surface area contributed by atoms with Crippen LogP contribution in [0.15, 0.2) is 24.4 Å². The monoisotopic (exact) mass is 250 g/mol. The number of anilines is 1. The van der Waals surface area contributed by atoms with Gasteiger partial charge in [-0.25, -0.2) is 4.79 Å². The second kappa shape index (κ2) is 5.07. The van der Waals surface area contributed by atoms with Crippen molar-refractivity contribution in [1.82, 2.24) is 4.57 Å². The zero-order valence-corrected chi connectivity index (χ0v) is 9.88. The first-order valence-corrected chi connectivity index (χ1v) is 5.42. The number of aromatic carboxylic acids is 1. The molecule has 0 aliphatic carbocycles. The second-order valence-electron chi connectivity index (χ2n) is 3.88. The van der Waals surface area contributed by atoms with Gasteiger partial charge in [-0.3, -0.25) is 10.7 Å². The molecular weight excluding hydrogens is 236 g/mol. The van der Waals surface area contributed by atoms with Gasteiger partial charge < -0.3 is 14.4 Å². The molecule has 0 saturated carbocycles. The van der Waals surface area contributed by atoms with Crippen molar-refractivity contribution in [1.29, 1.82) is 0 Å². The third-order valence-corrected chi connectivity index (χ3v) is 2.78. The molecule has 0 radical (unpaired) electrons. The molecule has 3 N–H and O–H groups in total. The first-order valence-electron chi connectivity index (χ1n) is 5.42. The third-order valence-electron chi connectivity index (χ3n) is 2.78. The molecule has 1 heterocycles. The van der Waals surface area contributed by atoms with Gasteiger partial charge in [0.05, 0.1) is 23.4 Å². The second-order valence-corrected chi connectivity index (χ2v) is 3.88. The maximum Gasteiger partial charge on any atom is 0.337 e. The van der Waals surface area contributed by atoms with Crippen molar-refractivity contribution < 1.29 is 19.8 Å². The minimum absolute atomic E-state index is 0.241. The van der Waals surface area contributed by atoms with E-state index in [0.29, 0.717) is 24.2 Å². The fraction of sp³-hybridized carbons (Fsp3) is 0.250. The Morgan fingerprint density at radius 1 is 1.50 bits per heavy atom. The summed E-state index contributed by atoms with van der Waals surface area (Å²) in [6.07, 6.45) is 1.58. The van der Waals surface area contributed by atoms with Crippen LogP contribution in [0.5, 0.6) is 0 Å². The lowest BCUT2D eigenvalue weighted by Crippen LogP contribution is -2.03. The molecule has 0 bridgehead atoms. The van der Waals surface area contributed by atoms with E-state index in [-0.39, 0.29) is 5.56 Å². The lowest BCUT2D eigenvalue weighted by Gasteiger charge is -2.05. The fourth-order valence-corrected chi connectivity index (χ4v) is 1.91. The summed E-state index contributed by atoms with van der Waals surface area (Å²) in [7, 11) is 1.59.